The van der Waals surface area contributed by atoms with Crippen LogP contribution in [0.4, 0.5) is 0 Å². The summed E-state index contributed by atoms with van der Waals surface area (Å²) in [6.07, 6.45) is 11.5. The average Bonchev–Trinajstić information content (AvgIpc) is 3.26. The number of aliphatic hydroxyl groups excluding tert-OH is 2. The number of fused-ring (bicyclic) bond motifs is 2. The van der Waals surface area contributed by atoms with Crippen molar-refractivity contribution in [1.82, 2.24) is 0 Å². The third-order valence-corrected chi connectivity index (χ3v) is 9.62. The number of ether oxygens (including phenoxy) is 4. The molecule has 0 aromatic heterocycles. The molecule has 5 rings (SSSR count). The number of esters is 1. The van der Waals surface area contributed by atoms with E-state index in [-0.39, 0.29) is 31.3 Å². The number of hydrogen-bond acceptors (Lipinski definition) is 8. The second-order valence-corrected chi connectivity index (χ2v) is 12.6. The maximum absolute atomic E-state index is 13.9. The van der Waals surface area contributed by atoms with Gasteiger partial charge in [-0.05, 0) is 56.6 Å². The standard InChI is InChI=1S/C32H46O8/c1-5-27-20(3)11-12-31(40-27)16-25-15-24(39-31)10-9-19(2)13-22(17-33)7-6-8-23-18-37-29-28(34)21(4)14-26(30(35)38-25)32(23,29)36/h6-9,14,20,22,24-29,33-34,36H,5,10-13,15-18H2,1-4H3/b7-6+,19-9+,23-8+/t20-,22-,24+,25-,26-,27+,28+,29+,31+,32+/m0/s1. The Bertz CT molecular complexity index is 1080. The lowest BCUT2D eigenvalue weighted by Crippen LogP contribution is -2.58. The number of hydrogen-bond donors (Lipinski definition) is 3. The summed E-state index contributed by atoms with van der Waals surface area (Å²) in [5.74, 6) is -2.06. The van der Waals surface area contributed by atoms with E-state index in [9.17, 15) is 20.1 Å². The minimum atomic E-state index is -1.74. The van der Waals surface area contributed by atoms with Crippen molar-refractivity contribution in [1.29, 1.82) is 0 Å². The first-order valence-electron chi connectivity index (χ1n) is 15.0. The molecule has 10 atom stereocenters. The van der Waals surface area contributed by atoms with E-state index in [1.807, 2.05) is 6.08 Å². The SMILES string of the molecule is CC[C@H]1O[C@]2(CC[C@@H]1C)C[C@@H]1C[C@@H](C/C=C(\C)C[C@@H](CO)/C=C/C=C3\CO[C@@H]4[C@H](O)C(C)=C[C@@H](C(=O)O1)[C@]34O)O2. The van der Waals surface area contributed by atoms with Crippen LogP contribution in [0.15, 0.2) is 47.1 Å². The highest BCUT2D eigenvalue weighted by molar-refractivity contribution is 5.78. The van der Waals surface area contributed by atoms with E-state index in [0.717, 1.165) is 24.8 Å². The highest BCUT2D eigenvalue weighted by Crippen LogP contribution is 2.47. The molecule has 1 spiro atoms. The summed E-state index contributed by atoms with van der Waals surface area (Å²) in [6.45, 7) is 8.20. The molecule has 0 aromatic carbocycles. The van der Waals surface area contributed by atoms with Crippen molar-refractivity contribution in [2.45, 2.75) is 115 Å². The molecule has 1 aliphatic carbocycles. The second-order valence-electron chi connectivity index (χ2n) is 12.6. The van der Waals surface area contributed by atoms with Crippen LogP contribution in [0.5, 0.6) is 0 Å². The molecule has 3 saturated heterocycles. The van der Waals surface area contributed by atoms with Crippen LogP contribution in [0.25, 0.3) is 0 Å². The fourth-order valence-electron chi connectivity index (χ4n) is 7.22. The molecule has 3 fully saturated rings. The van der Waals surface area contributed by atoms with Crippen LogP contribution in [0.3, 0.4) is 0 Å². The fourth-order valence-corrected chi connectivity index (χ4v) is 7.22. The van der Waals surface area contributed by atoms with Crippen molar-refractivity contribution in [3.05, 3.63) is 47.1 Å². The Morgan fingerprint density at radius 1 is 1.18 bits per heavy atom. The lowest BCUT2D eigenvalue weighted by molar-refractivity contribution is -0.335. The number of allylic oxidation sites excluding steroid dienone is 3. The van der Waals surface area contributed by atoms with Gasteiger partial charge in [0.25, 0.3) is 0 Å². The zero-order valence-electron chi connectivity index (χ0n) is 24.3. The summed E-state index contributed by atoms with van der Waals surface area (Å²) < 4.78 is 25.4. The van der Waals surface area contributed by atoms with Gasteiger partial charge in [-0.25, -0.2) is 0 Å². The van der Waals surface area contributed by atoms with Crippen LogP contribution in [0.2, 0.25) is 0 Å². The first-order valence-corrected chi connectivity index (χ1v) is 15.0. The van der Waals surface area contributed by atoms with Crippen LogP contribution in [-0.2, 0) is 23.7 Å². The van der Waals surface area contributed by atoms with Gasteiger partial charge in [0, 0.05) is 31.8 Å². The molecule has 8 heteroatoms. The van der Waals surface area contributed by atoms with Crippen molar-refractivity contribution < 1.29 is 39.1 Å². The maximum atomic E-state index is 13.9. The number of carbonyl (C=O) groups is 1. The molecule has 0 saturated carbocycles. The van der Waals surface area contributed by atoms with Gasteiger partial charge in [0.15, 0.2) is 5.79 Å². The highest BCUT2D eigenvalue weighted by atomic mass is 16.7. The van der Waals surface area contributed by atoms with Gasteiger partial charge in [0.1, 0.15) is 29.8 Å². The molecule has 0 aromatic rings. The van der Waals surface area contributed by atoms with Gasteiger partial charge in [0.2, 0.25) is 0 Å². The highest BCUT2D eigenvalue weighted by Gasteiger charge is 2.60. The van der Waals surface area contributed by atoms with E-state index >= 15 is 0 Å². The van der Waals surface area contributed by atoms with Crippen molar-refractivity contribution in [3.8, 4) is 0 Å². The Labute approximate surface area is 237 Å². The van der Waals surface area contributed by atoms with Gasteiger partial charge >= 0.3 is 5.97 Å². The van der Waals surface area contributed by atoms with Gasteiger partial charge in [-0.15, -0.1) is 0 Å². The minimum absolute atomic E-state index is 0.0145. The van der Waals surface area contributed by atoms with E-state index in [4.69, 9.17) is 18.9 Å². The molecule has 40 heavy (non-hydrogen) atoms. The normalized spacial score (nSPS) is 47.8. The van der Waals surface area contributed by atoms with Gasteiger partial charge in [-0.1, -0.05) is 49.8 Å². The quantitative estimate of drug-likeness (QED) is 0.346. The van der Waals surface area contributed by atoms with Crippen LogP contribution in [0, 0.1) is 17.8 Å². The fraction of sp³-hybridized carbons (Fsp3) is 0.719. The Hall–Kier alpha value is -1.81. The van der Waals surface area contributed by atoms with Crippen LogP contribution >= 0.6 is 0 Å². The zero-order chi connectivity index (χ0) is 28.7. The molecule has 3 N–H and O–H groups in total. The molecular weight excluding hydrogens is 512 g/mol. The van der Waals surface area contributed by atoms with Crippen LogP contribution in [0.1, 0.15) is 72.6 Å². The minimum Gasteiger partial charge on any atom is -0.462 e. The predicted octanol–water partition coefficient (Wildman–Crippen LogP) is 3.90. The Morgan fingerprint density at radius 3 is 2.73 bits per heavy atom. The molecule has 0 amide bonds. The maximum Gasteiger partial charge on any atom is 0.316 e. The topological polar surface area (TPSA) is 115 Å². The molecule has 222 valence electrons. The van der Waals surface area contributed by atoms with E-state index < -0.39 is 41.6 Å². The van der Waals surface area contributed by atoms with Gasteiger partial charge < -0.3 is 34.3 Å². The van der Waals surface area contributed by atoms with E-state index in [1.165, 1.54) is 0 Å². The van der Waals surface area contributed by atoms with Gasteiger partial charge in [0.05, 0.1) is 18.8 Å². The predicted molar refractivity (Wildman–Crippen MR) is 149 cm³/mol. The molecular formula is C32H46O8. The lowest BCUT2D eigenvalue weighted by Gasteiger charge is -2.50. The van der Waals surface area contributed by atoms with E-state index in [0.29, 0.717) is 42.7 Å². The van der Waals surface area contributed by atoms with Crippen molar-refractivity contribution in [2.75, 3.05) is 13.2 Å². The largest absolute Gasteiger partial charge is 0.462 e. The first kappa shape index (κ1) is 29.7. The first-order chi connectivity index (χ1) is 19.1. The molecule has 2 bridgehead atoms. The third-order valence-electron chi connectivity index (χ3n) is 9.62. The Morgan fingerprint density at radius 2 is 1.98 bits per heavy atom. The van der Waals surface area contributed by atoms with Crippen LogP contribution < -0.4 is 0 Å². The molecule has 0 unspecified atom stereocenters. The lowest BCUT2D eigenvalue weighted by atomic mass is 9.71. The smallest absolute Gasteiger partial charge is 0.316 e. The summed E-state index contributed by atoms with van der Waals surface area (Å²) in [5, 5.41) is 32.9. The second kappa shape index (κ2) is 11.8. The number of aliphatic hydroxyl groups is 3. The third kappa shape index (κ3) is 5.63. The van der Waals surface area contributed by atoms with Crippen molar-refractivity contribution in [2.24, 2.45) is 17.8 Å². The van der Waals surface area contributed by atoms with Crippen molar-refractivity contribution >= 4 is 5.97 Å². The summed E-state index contributed by atoms with van der Waals surface area (Å²) in [6, 6.07) is 0. The molecule has 4 aliphatic heterocycles. The molecule has 0 radical (unpaired) electrons. The summed E-state index contributed by atoms with van der Waals surface area (Å²) in [7, 11) is 0. The molecule has 5 aliphatic rings. The van der Waals surface area contributed by atoms with Crippen LogP contribution in [-0.4, -0.2) is 76.4 Å². The summed E-state index contributed by atoms with van der Waals surface area (Å²) in [4.78, 5) is 13.9. The molecule has 8 nitrogen and oxygen atoms in total. The average molecular weight is 559 g/mol. The monoisotopic (exact) mass is 558 g/mol. The van der Waals surface area contributed by atoms with Crippen molar-refractivity contribution in [3.63, 3.8) is 0 Å². The summed E-state index contributed by atoms with van der Waals surface area (Å²) >= 11 is 0. The van der Waals surface area contributed by atoms with E-state index in [1.54, 1.807) is 25.2 Å². The number of rotatable bonds is 2. The zero-order valence-corrected chi connectivity index (χ0v) is 24.3. The Balaban J connectivity index is 1.52. The molecule has 4 heterocycles. The number of carbonyl (C=O) groups excluding carboxylic acids is 1. The Kier molecular flexibility index (Phi) is 8.77. The van der Waals surface area contributed by atoms with Gasteiger partial charge in [-0.2, -0.15) is 0 Å². The van der Waals surface area contributed by atoms with Gasteiger partial charge in [-0.3, -0.25) is 4.79 Å². The van der Waals surface area contributed by atoms with E-state index in [2.05, 4.69) is 26.8 Å². The summed E-state index contributed by atoms with van der Waals surface area (Å²) in [5.41, 5.74) is 0.476.